The van der Waals surface area contributed by atoms with Crippen molar-refractivity contribution in [3.05, 3.63) is 42.5 Å². The number of piperazine rings is 1. The first kappa shape index (κ1) is 19.8. The maximum absolute atomic E-state index is 13.3. The summed E-state index contributed by atoms with van der Waals surface area (Å²) in [6.07, 6.45) is 3.56. The SMILES string of the molecule is CCn1ccnc1SCC(=O)N1CCN(S(=O)(=O)c2cccc(F)c2)CC1. The Morgan fingerprint density at radius 1 is 1.26 bits per heavy atom. The van der Waals surface area contributed by atoms with Crippen LogP contribution in [0, 0.1) is 5.82 Å². The minimum Gasteiger partial charge on any atom is -0.339 e. The van der Waals surface area contributed by atoms with Crippen LogP contribution in [0.2, 0.25) is 0 Å². The molecule has 1 saturated heterocycles. The first-order chi connectivity index (χ1) is 12.9. The number of amides is 1. The second kappa shape index (κ2) is 8.41. The van der Waals surface area contributed by atoms with Crippen LogP contribution in [0.3, 0.4) is 0 Å². The number of nitrogens with zero attached hydrogens (tertiary/aromatic N) is 4. The van der Waals surface area contributed by atoms with Gasteiger partial charge in [-0.3, -0.25) is 4.79 Å². The normalized spacial score (nSPS) is 15.9. The number of aromatic nitrogens is 2. The fraction of sp³-hybridized carbons (Fsp3) is 0.412. The van der Waals surface area contributed by atoms with Crippen LogP contribution in [0.5, 0.6) is 0 Å². The molecule has 0 bridgehead atoms. The van der Waals surface area contributed by atoms with Gasteiger partial charge < -0.3 is 9.47 Å². The molecule has 0 saturated carbocycles. The molecule has 2 aromatic rings. The molecule has 3 rings (SSSR count). The van der Waals surface area contributed by atoms with Gasteiger partial charge >= 0.3 is 0 Å². The topological polar surface area (TPSA) is 75.5 Å². The zero-order valence-electron chi connectivity index (χ0n) is 14.9. The van der Waals surface area contributed by atoms with Crippen LogP contribution >= 0.6 is 11.8 Å². The van der Waals surface area contributed by atoms with Gasteiger partial charge in [-0.1, -0.05) is 17.8 Å². The maximum Gasteiger partial charge on any atom is 0.243 e. The van der Waals surface area contributed by atoms with Gasteiger partial charge in [-0.15, -0.1) is 0 Å². The molecule has 1 fully saturated rings. The summed E-state index contributed by atoms with van der Waals surface area (Å²) in [5.41, 5.74) is 0. The van der Waals surface area contributed by atoms with Gasteiger partial charge in [0.2, 0.25) is 15.9 Å². The number of hydrogen-bond acceptors (Lipinski definition) is 5. The smallest absolute Gasteiger partial charge is 0.243 e. The Balaban J connectivity index is 1.56. The van der Waals surface area contributed by atoms with E-state index >= 15 is 0 Å². The van der Waals surface area contributed by atoms with Gasteiger partial charge in [0.1, 0.15) is 5.82 Å². The number of halogens is 1. The van der Waals surface area contributed by atoms with Gasteiger partial charge in [0.15, 0.2) is 5.16 Å². The summed E-state index contributed by atoms with van der Waals surface area (Å²) >= 11 is 1.37. The van der Waals surface area contributed by atoms with E-state index in [1.807, 2.05) is 17.7 Å². The number of sulfonamides is 1. The van der Waals surface area contributed by atoms with E-state index < -0.39 is 15.8 Å². The second-order valence-corrected chi connectivity index (χ2v) is 8.91. The lowest BCUT2D eigenvalue weighted by molar-refractivity contribution is -0.129. The highest BCUT2D eigenvalue weighted by Gasteiger charge is 2.30. The molecule has 7 nitrogen and oxygen atoms in total. The Morgan fingerprint density at radius 2 is 2.00 bits per heavy atom. The van der Waals surface area contributed by atoms with E-state index in [4.69, 9.17) is 0 Å². The Kier molecular flexibility index (Phi) is 6.18. The number of carbonyl (C=O) groups is 1. The van der Waals surface area contributed by atoms with Crippen molar-refractivity contribution in [2.24, 2.45) is 0 Å². The molecule has 0 radical (unpaired) electrons. The summed E-state index contributed by atoms with van der Waals surface area (Å²) in [5, 5.41) is 0.790. The van der Waals surface area contributed by atoms with Gasteiger partial charge in [0.25, 0.3) is 0 Å². The van der Waals surface area contributed by atoms with E-state index in [0.717, 1.165) is 17.8 Å². The van der Waals surface area contributed by atoms with Crippen molar-refractivity contribution in [3.8, 4) is 0 Å². The average Bonchev–Trinajstić information content (AvgIpc) is 3.14. The van der Waals surface area contributed by atoms with Crippen molar-refractivity contribution in [2.75, 3.05) is 31.9 Å². The summed E-state index contributed by atoms with van der Waals surface area (Å²) in [6.45, 7) is 3.81. The van der Waals surface area contributed by atoms with Crippen molar-refractivity contribution in [3.63, 3.8) is 0 Å². The predicted octanol–water partition coefficient (Wildman–Crippen LogP) is 1.67. The molecule has 0 spiro atoms. The maximum atomic E-state index is 13.3. The Morgan fingerprint density at radius 3 is 2.67 bits per heavy atom. The number of carbonyl (C=O) groups excluding carboxylic acids is 1. The molecule has 1 aromatic heterocycles. The molecule has 1 aromatic carbocycles. The molecule has 0 unspecified atom stereocenters. The fourth-order valence-corrected chi connectivity index (χ4v) is 5.23. The highest BCUT2D eigenvalue weighted by Crippen LogP contribution is 2.20. The summed E-state index contributed by atoms with van der Waals surface area (Å²) < 4.78 is 41.8. The molecule has 27 heavy (non-hydrogen) atoms. The summed E-state index contributed by atoms with van der Waals surface area (Å²) in [7, 11) is -3.75. The van der Waals surface area contributed by atoms with Crippen LogP contribution in [-0.2, 0) is 21.4 Å². The molecule has 1 aliphatic heterocycles. The van der Waals surface area contributed by atoms with Crippen molar-refractivity contribution < 1.29 is 17.6 Å². The molecule has 1 aliphatic rings. The zero-order valence-corrected chi connectivity index (χ0v) is 16.5. The quantitative estimate of drug-likeness (QED) is 0.675. The molecule has 146 valence electrons. The summed E-state index contributed by atoms with van der Waals surface area (Å²) in [6, 6.07) is 4.97. The Labute approximate surface area is 162 Å². The first-order valence-electron chi connectivity index (χ1n) is 8.59. The number of rotatable bonds is 6. The van der Waals surface area contributed by atoms with Crippen molar-refractivity contribution in [2.45, 2.75) is 23.5 Å². The van der Waals surface area contributed by atoms with E-state index in [9.17, 15) is 17.6 Å². The van der Waals surface area contributed by atoms with Gasteiger partial charge in [0.05, 0.1) is 10.6 Å². The van der Waals surface area contributed by atoms with E-state index in [0.29, 0.717) is 13.1 Å². The third kappa shape index (κ3) is 4.50. The number of benzene rings is 1. The second-order valence-electron chi connectivity index (χ2n) is 6.03. The molecule has 0 N–H and O–H groups in total. The summed E-state index contributed by atoms with van der Waals surface area (Å²) in [4.78, 5) is 18.2. The third-order valence-electron chi connectivity index (χ3n) is 4.37. The average molecular weight is 413 g/mol. The van der Waals surface area contributed by atoms with Gasteiger partial charge in [0, 0.05) is 45.1 Å². The molecule has 10 heteroatoms. The molecular weight excluding hydrogens is 391 g/mol. The highest BCUT2D eigenvalue weighted by molar-refractivity contribution is 7.99. The van der Waals surface area contributed by atoms with Crippen molar-refractivity contribution in [1.82, 2.24) is 18.8 Å². The number of hydrogen-bond donors (Lipinski definition) is 0. The molecule has 2 heterocycles. The highest BCUT2D eigenvalue weighted by atomic mass is 32.2. The zero-order chi connectivity index (χ0) is 19.4. The lowest BCUT2D eigenvalue weighted by Crippen LogP contribution is -2.51. The monoisotopic (exact) mass is 412 g/mol. The van der Waals surface area contributed by atoms with E-state index in [2.05, 4.69) is 4.98 Å². The van der Waals surface area contributed by atoms with Gasteiger partial charge in [-0.05, 0) is 25.1 Å². The van der Waals surface area contributed by atoms with Crippen molar-refractivity contribution in [1.29, 1.82) is 0 Å². The Bertz CT molecular complexity index is 908. The largest absolute Gasteiger partial charge is 0.339 e. The van der Waals surface area contributed by atoms with Gasteiger partial charge in [-0.2, -0.15) is 4.31 Å². The van der Waals surface area contributed by atoms with E-state index in [1.54, 1.807) is 11.1 Å². The van der Waals surface area contributed by atoms with Crippen LogP contribution in [-0.4, -0.2) is 65.0 Å². The molecular formula is C17H21FN4O3S2. The van der Waals surface area contributed by atoms with Gasteiger partial charge in [-0.25, -0.2) is 17.8 Å². The Hall–Kier alpha value is -1.91. The molecule has 0 atom stereocenters. The lowest BCUT2D eigenvalue weighted by Gasteiger charge is -2.34. The van der Waals surface area contributed by atoms with Crippen LogP contribution in [0.1, 0.15) is 6.92 Å². The number of aryl methyl sites for hydroxylation is 1. The first-order valence-corrected chi connectivity index (χ1v) is 11.0. The number of thioether (sulfide) groups is 1. The fourth-order valence-electron chi connectivity index (χ4n) is 2.85. The van der Waals surface area contributed by atoms with Crippen molar-refractivity contribution >= 4 is 27.7 Å². The van der Waals surface area contributed by atoms with Crippen LogP contribution < -0.4 is 0 Å². The summed E-state index contributed by atoms with van der Waals surface area (Å²) in [5.74, 6) is -0.381. The minimum atomic E-state index is -3.75. The molecule has 1 amide bonds. The van der Waals surface area contributed by atoms with Crippen LogP contribution in [0.4, 0.5) is 4.39 Å². The van der Waals surface area contributed by atoms with Crippen LogP contribution in [0.25, 0.3) is 0 Å². The standard InChI is InChI=1S/C17H21FN4O3S2/c1-2-20-7-6-19-17(20)26-13-16(23)21-8-10-22(11-9-21)27(24,25)15-5-3-4-14(18)12-15/h3-7,12H,2,8-11,13H2,1H3. The lowest BCUT2D eigenvalue weighted by atomic mass is 10.3. The minimum absolute atomic E-state index is 0.0477. The third-order valence-corrected chi connectivity index (χ3v) is 7.25. The molecule has 0 aliphatic carbocycles. The van der Waals surface area contributed by atoms with Crippen LogP contribution in [0.15, 0.2) is 46.7 Å². The predicted molar refractivity (Wildman–Crippen MR) is 100 cm³/mol. The van der Waals surface area contributed by atoms with E-state index in [1.165, 1.54) is 34.3 Å². The van der Waals surface area contributed by atoms with E-state index in [-0.39, 0.29) is 29.6 Å². The number of imidazole rings is 1.